The third-order valence-electron chi connectivity index (χ3n) is 5.17. The van der Waals surface area contributed by atoms with Crippen LogP contribution in [0.2, 0.25) is 0 Å². The van der Waals surface area contributed by atoms with Gasteiger partial charge >= 0.3 is 0 Å². The summed E-state index contributed by atoms with van der Waals surface area (Å²) >= 11 is 0. The smallest absolute Gasteiger partial charge is 0.0210 e. The first kappa shape index (κ1) is 13.4. The zero-order chi connectivity index (χ0) is 14.3. The summed E-state index contributed by atoms with van der Waals surface area (Å²) in [6, 6.07) is 16.1. The predicted molar refractivity (Wildman–Crippen MR) is 87.3 cm³/mol. The van der Waals surface area contributed by atoms with E-state index < -0.39 is 0 Å². The number of benzene rings is 2. The highest BCUT2D eigenvalue weighted by atomic mass is 14.4. The molecule has 0 fully saturated rings. The third kappa shape index (κ3) is 1.67. The van der Waals surface area contributed by atoms with E-state index in [0.717, 1.165) is 0 Å². The summed E-state index contributed by atoms with van der Waals surface area (Å²) in [5.41, 5.74) is 7.66. The molecule has 1 aliphatic rings. The van der Waals surface area contributed by atoms with Crippen LogP contribution in [0.1, 0.15) is 63.1 Å². The van der Waals surface area contributed by atoms with Gasteiger partial charge in [-0.05, 0) is 46.6 Å². The Morgan fingerprint density at radius 3 is 2.15 bits per heavy atom. The standard InChI is InChI=1S/C20H24/c1-5-20(6-2)18-10-8-7-9-16(18)17-12-11-15(14(3)4)13-19(17)20/h7-14H,5-6H2,1-4H3. The van der Waals surface area contributed by atoms with Crippen molar-refractivity contribution in [2.75, 3.05) is 0 Å². The van der Waals surface area contributed by atoms with Crippen LogP contribution in [0.15, 0.2) is 42.5 Å². The van der Waals surface area contributed by atoms with Crippen molar-refractivity contribution in [1.29, 1.82) is 0 Å². The topological polar surface area (TPSA) is 0 Å². The van der Waals surface area contributed by atoms with Crippen LogP contribution in [-0.2, 0) is 5.41 Å². The van der Waals surface area contributed by atoms with E-state index in [9.17, 15) is 0 Å². The fourth-order valence-electron chi connectivity index (χ4n) is 3.84. The van der Waals surface area contributed by atoms with E-state index in [1.807, 2.05) is 0 Å². The molecular weight excluding hydrogens is 240 g/mol. The SMILES string of the molecule is CCC1(CC)c2ccccc2-c2ccc(C(C)C)cc21. The predicted octanol–water partition coefficient (Wildman–Crippen LogP) is 5.90. The number of rotatable bonds is 3. The van der Waals surface area contributed by atoms with Crippen LogP contribution in [0, 0.1) is 0 Å². The average Bonchev–Trinajstić information content (AvgIpc) is 2.77. The third-order valence-corrected chi connectivity index (χ3v) is 5.17. The van der Waals surface area contributed by atoms with Gasteiger partial charge in [0, 0.05) is 5.41 Å². The molecule has 0 amide bonds. The van der Waals surface area contributed by atoms with Crippen LogP contribution in [0.5, 0.6) is 0 Å². The van der Waals surface area contributed by atoms with E-state index >= 15 is 0 Å². The lowest BCUT2D eigenvalue weighted by Crippen LogP contribution is -2.23. The molecule has 0 heterocycles. The molecule has 0 N–H and O–H groups in total. The molecule has 0 nitrogen and oxygen atoms in total. The van der Waals surface area contributed by atoms with Crippen molar-refractivity contribution < 1.29 is 0 Å². The van der Waals surface area contributed by atoms with Crippen LogP contribution in [-0.4, -0.2) is 0 Å². The Balaban J connectivity index is 2.31. The summed E-state index contributed by atoms with van der Waals surface area (Å²) in [4.78, 5) is 0. The largest absolute Gasteiger partial charge is 0.0642 e. The minimum absolute atomic E-state index is 0.219. The van der Waals surface area contributed by atoms with E-state index in [4.69, 9.17) is 0 Å². The number of hydrogen-bond acceptors (Lipinski definition) is 0. The molecule has 0 unspecified atom stereocenters. The Hall–Kier alpha value is -1.56. The molecule has 3 rings (SSSR count). The fraction of sp³-hybridized carbons (Fsp3) is 0.400. The van der Waals surface area contributed by atoms with E-state index in [-0.39, 0.29) is 5.41 Å². The Morgan fingerprint density at radius 1 is 0.850 bits per heavy atom. The van der Waals surface area contributed by atoms with Crippen molar-refractivity contribution in [1.82, 2.24) is 0 Å². The van der Waals surface area contributed by atoms with Crippen LogP contribution in [0.4, 0.5) is 0 Å². The molecule has 2 aromatic carbocycles. The second kappa shape index (κ2) is 4.77. The first-order valence-corrected chi connectivity index (χ1v) is 7.88. The second-order valence-electron chi connectivity index (χ2n) is 6.29. The molecular formula is C20H24. The van der Waals surface area contributed by atoms with Gasteiger partial charge in [0.05, 0.1) is 0 Å². The molecule has 0 aliphatic heterocycles. The normalized spacial score (nSPS) is 15.2. The Kier molecular flexibility index (Phi) is 3.20. The Bertz CT molecular complexity index is 630. The van der Waals surface area contributed by atoms with Gasteiger partial charge in [-0.15, -0.1) is 0 Å². The van der Waals surface area contributed by atoms with Crippen molar-refractivity contribution >= 4 is 0 Å². The Morgan fingerprint density at radius 2 is 1.50 bits per heavy atom. The minimum Gasteiger partial charge on any atom is -0.0642 e. The van der Waals surface area contributed by atoms with Gasteiger partial charge in [0.25, 0.3) is 0 Å². The van der Waals surface area contributed by atoms with Gasteiger partial charge in [-0.3, -0.25) is 0 Å². The summed E-state index contributed by atoms with van der Waals surface area (Å²) in [6.45, 7) is 9.22. The van der Waals surface area contributed by atoms with Crippen LogP contribution in [0.25, 0.3) is 11.1 Å². The van der Waals surface area contributed by atoms with Gasteiger partial charge in [0.15, 0.2) is 0 Å². The lowest BCUT2D eigenvalue weighted by Gasteiger charge is -2.30. The zero-order valence-corrected chi connectivity index (χ0v) is 13.0. The molecule has 2 aromatic rings. The van der Waals surface area contributed by atoms with Gasteiger partial charge in [-0.1, -0.05) is 70.2 Å². The summed E-state index contributed by atoms with van der Waals surface area (Å²) in [5, 5.41) is 0. The Labute approximate surface area is 122 Å². The van der Waals surface area contributed by atoms with Crippen molar-refractivity contribution in [3.63, 3.8) is 0 Å². The maximum absolute atomic E-state index is 2.47. The first-order chi connectivity index (χ1) is 9.64. The lowest BCUT2D eigenvalue weighted by atomic mass is 9.73. The maximum atomic E-state index is 2.47. The van der Waals surface area contributed by atoms with E-state index in [1.165, 1.54) is 35.1 Å². The van der Waals surface area contributed by atoms with Gasteiger partial charge in [-0.25, -0.2) is 0 Å². The molecule has 0 bridgehead atoms. The quantitative estimate of drug-likeness (QED) is 0.647. The monoisotopic (exact) mass is 264 g/mol. The lowest BCUT2D eigenvalue weighted by molar-refractivity contribution is 0.490. The summed E-state index contributed by atoms with van der Waals surface area (Å²) in [6.07, 6.45) is 2.35. The van der Waals surface area contributed by atoms with Crippen molar-refractivity contribution in [2.45, 2.75) is 51.9 Å². The van der Waals surface area contributed by atoms with E-state index in [0.29, 0.717) is 5.92 Å². The molecule has 1 aliphatic carbocycles. The van der Waals surface area contributed by atoms with Gasteiger partial charge in [0.2, 0.25) is 0 Å². The molecule has 0 saturated heterocycles. The van der Waals surface area contributed by atoms with Crippen LogP contribution >= 0.6 is 0 Å². The number of hydrogen-bond donors (Lipinski definition) is 0. The molecule has 0 heteroatoms. The van der Waals surface area contributed by atoms with Crippen molar-refractivity contribution in [3.8, 4) is 11.1 Å². The van der Waals surface area contributed by atoms with Gasteiger partial charge < -0.3 is 0 Å². The number of fused-ring (bicyclic) bond motifs is 3. The fourth-order valence-corrected chi connectivity index (χ4v) is 3.84. The minimum atomic E-state index is 0.219. The van der Waals surface area contributed by atoms with Gasteiger partial charge in [0.1, 0.15) is 0 Å². The molecule has 20 heavy (non-hydrogen) atoms. The highest BCUT2D eigenvalue weighted by Crippen LogP contribution is 2.52. The summed E-state index contributed by atoms with van der Waals surface area (Å²) < 4.78 is 0. The van der Waals surface area contributed by atoms with Gasteiger partial charge in [-0.2, -0.15) is 0 Å². The van der Waals surface area contributed by atoms with Crippen molar-refractivity contribution in [3.05, 3.63) is 59.2 Å². The maximum Gasteiger partial charge on any atom is 0.0210 e. The average molecular weight is 264 g/mol. The first-order valence-electron chi connectivity index (χ1n) is 7.88. The molecule has 0 saturated carbocycles. The summed E-state index contributed by atoms with van der Waals surface area (Å²) in [7, 11) is 0. The van der Waals surface area contributed by atoms with Crippen LogP contribution < -0.4 is 0 Å². The van der Waals surface area contributed by atoms with E-state index in [2.05, 4.69) is 70.2 Å². The molecule has 0 radical (unpaired) electrons. The van der Waals surface area contributed by atoms with Crippen molar-refractivity contribution in [2.24, 2.45) is 0 Å². The second-order valence-corrected chi connectivity index (χ2v) is 6.29. The molecule has 0 atom stereocenters. The summed E-state index contributed by atoms with van der Waals surface area (Å²) in [5.74, 6) is 0.593. The molecule has 104 valence electrons. The highest BCUT2D eigenvalue weighted by molar-refractivity contribution is 5.81. The zero-order valence-electron chi connectivity index (χ0n) is 13.0. The van der Waals surface area contributed by atoms with Crippen LogP contribution in [0.3, 0.4) is 0 Å². The molecule has 0 spiro atoms. The highest BCUT2D eigenvalue weighted by Gasteiger charge is 2.40. The van der Waals surface area contributed by atoms with E-state index in [1.54, 1.807) is 5.56 Å². The molecule has 0 aromatic heterocycles.